The van der Waals surface area contributed by atoms with Crippen LogP contribution in [0.1, 0.15) is 50.3 Å². The summed E-state index contributed by atoms with van der Waals surface area (Å²) in [7, 11) is 0. The lowest BCUT2D eigenvalue weighted by Gasteiger charge is -2.21. The first kappa shape index (κ1) is 12.3. The van der Waals surface area contributed by atoms with Crippen LogP contribution < -0.4 is 0 Å². The van der Waals surface area contributed by atoms with E-state index in [0.717, 1.165) is 32.0 Å². The Morgan fingerprint density at radius 1 is 1.24 bits per heavy atom. The summed E-state index contributed by atoms with van der Waals surface area (Å²) in [5.74, 6) is 0.228. The molecule has 0 fully saturated rings. The zero-order valence-electron chi connectivity index (χ0n) is 11.1. The highest BCUT2D eigenvalue weighted by molar-refractivity contribution is 5.55. The molecule has 0 bridgehead atoms. The first-order chi connectivity index (χ1) is 8.00. The van der Waals surface area contributed by atoms with Crippen LogP contribution in [0.3, 0.4) is 0 Å². The van der Waals surface area contributed by atoms with E-state index in [9.17, 15) is 4.79 Å². The molecule has 0 amide bonds. The Morgan fingerprint density at radius 2 is 2.00 bits per heavy atom. The molecular formula is C16H22O. The third kappa shape index (κ3) is 2.77. The molecule has 0 aliphatic heterocycles. The second-order valence-corrected chi connectivity index (χ2v) is 6.23. The van der Waals surface area contributed by atoms with Gasteiger partial charge in [0, 0.05) is 5.92 Å². The molecule has 1 aliphatic rings. The maximum Gasteiger partial charge on any atom is 0.123 e. The zero-order valence-corrected chi connectivity index (χ0v) is 11.1. The van der Waals surface area contributed by atoms with Crippen LogP contribution in [0.25, 0.3) is 0 Å². The summed E-state index contributed by atoms with van der Waals surface area (Å²) in [6.45, 7) is 6.72. The Hall–Kier alpha value is -1.11. The molecule has 0 spiro atoms. The van der Waals surface area contributed by atoms with Crippen LogP contribution in [0.2, 0.25) is 0 Å². The number of aldehydes is 1. The average Bonchev–Trinajstić information content (AvgIpc) is 2.48. The maximum atomic E-state index is 11.0. The van der Waals surface area contributed by atoms with Crippen molar-refractivity contribution in [3.8, 4) is 0 Å². The quantitative estimate of drug-likeness (QED) is 0.531. The van der Waals surface area contributed by atoms with Crippen molar-refractivity contribution < 1.29 is 4.79 Å². The summed E-state index contributed by atoms with van der Waals surface area (Å²) in [5, 5.41) is 0. The van der Waals surface area contributed by atoms with E-state index in [0.29, 0.717) is 0 Å². The molecule has 0 unspecified atom stereocenters. The van der Waals surface area contributed by atoms with Gasteiger partial charge in [-0.25, -0.2) is 0 Å². The molecule has 0 radical (unpaired) electrons. The van der Waals surface area contributed by atoms with Crippen molar-refractivity contribution in [2.75, 3.05) is 0 Å². The predicted molar refractivity (Wildman–Crippen MR) is 71.3 cm³/mol. The second kappa shape index (κ2) is 4.64. The normalized spacial score (nSPS) is 20.5. The minimum atomic E-state index is 0.192. The van der Waals surface area contributed by atoms with Crippen molar-refractivity contribution >= 4 is 6.29 Å². The predicted octanol–water partition coefficient (Wildman–Crippen LogP) is 3.68. The summed E-state index contributed by atoms with van der Waals surface area (Å²) in [6.07, 6.45) is 5.39. The van der Waals surface area contributed by atoms with E-state index < -0.39 is 0 Å². The van der Waals surface area contributed by atoms with Crippen LogP contribution in [-0.2, 0) is 23.1 Å². The average molecular weight is 230 g/mol. The van der Waals surface area contributed by atoms with E-state index in [2.05, 4.69) is 39.0 Å². The first-order valence-corrected chi connectivity index (χ1v) is 6.58. The minimum Gasteiger partial charge on any atom is -0.303 e. The third-order valence-electron chi connectivity index (χ3n) is 3.77. The van der Waals surface area contributed by atoms with Crippen molar-refractivity contribution in [1.29, 1.82) is 0 Å². The smallest absolute Gasteiger partial charge is 0.123 e. The highest BCUT2D eigenvalue weighted by Gasteiger charge is 2.19. The molecule has 1 aromatic carbocycles. The summed E-state index contributed by atoms with van der Waals surface area (Å²) >= 11 is 0. The largest absolute Gasteiger partial charge is 0.303 e. The summed E-state index contributed by atoms with van der Waals surface area (Å²) < 4.78 is 0. The third-order valence-corrected chi connectivity index (χ3v) is 3.77. The summed E-state index contributed by atoms with van der Waals surface area (Å²) in [5.41, 5.74) is 4.41. The van der Waals surface area contributed by atoms with Crippen molar-refractivity contribution in [1.82, 2.24) is 0 Å². The van der Waals surface area contributed by atoms with Crippen LogP contribution in [0.15, 0.2) is 18.2 Å². The highest BCUT2D eigenvalue weighted by Crippen LogP contribution is 2.29. The number of fused-ring (bicyclic) bond motifs is 1. The van der Waals surface area contributed by atoms with Crippen molar-refractivity contribution in [2.45, 2.75) is 51.9 Å². The van der Waals surface area contributed by atoms with Crippen LogP contribution in [0.4, 0.5) is 0 Å². The lowest BCUT2D eigenvalue weighted by molar-refractivity contribution is -0.111. The molecule has 0 saturated heterocycles. The molecule has 1 nitrogen and oxygen atoms in total. The maximum absolute atomic E-state index is 11.0. The van der Waals surface area contributed by atoms with E-state index >= 15 is 0 Å². The molecule has 0 heterocycles. The zero-order chi connectivity index (χ0) is 12.5. The van der Waals surface area contributed by atoms with E-state index in [1.165, 1.54) is 16.7 Å². The Balaban J connectivity index is 2.36. The van der Waals surface area contributed by atoms with E-state index in [1.54, 1.807) is 0 Å². The molecule has 17 heavy (non-hydrogen) atoms. The van der Waals surface area contributed by atoms with E-state index in [1.807, 2.05) is 0 Å². The van der Waals surface area contributed by atoms with Gasteiger partial charge in [0.2, 0.25) is 0 Å². The van der Waals surface area contributed by atoms with Gasteiger partial charge in [-0.1, -0.05) is 39.0 Å². The lowest BCUT2D eigenvalue weighted by Crippen LogP contribution is -2.12. The van der Waals surface area contributed by atoms with Gasteiger partial charge in [-0.05, 0) is 47.8 Å². The van der Waals surface area contributed by atoms with Gasteiger partial charge in [0.15, 0.2) is 0 Å². The van der Waals surface area contributed by atoms with Crippen molar-refractivity contribution in [3.63, 3.8) is 0 Å². The summed E-state index contributed by atoms with van der Waals surface area (Å²) in [4.78, 5) is 11.0. The molecule has 2 rings (SSSR count). The molecule has 1 atom stereocenters. The number of carbonyl (C=O) groups excluding carboxylic acids is 1. The Labute approximate surface area is 104 Å². The number of hydrogen-bond acceptors (Lipinski definition) is 1. The molecule has 1 aromatic rings. The number of aryl methyl sites for hydroxylation is 1. The molecule has 0 saturated carbocycles. The monoisotopic (exact) mass is 230 g/mol. The Bertz CT molecular complexity index is 412. The van der Waals surface area contributed by atoms with Gasteiger partial charge in [0.25, 0.3) is 0 Å². The number of hydrogen-bond donors (Lipinski definition) is 0. The molecule has 0 N–H and O–H groups in total. The summed E-state index contributed by atoms with van der Waals surface area (Å²) in [6, 6.07) is 6.83. The van der Waals surface area contributed by atoms with Crippen LogP contribution in [0, 0.1) is 5.92 Å². The highest BCUT2D eigenvalue weighted by atomic mass is 16.1. The fourth-order valence-corrected chi connectivity index (χ4v) is 2.58. The van der Waals surface area contributed by atoms with Gasteiger partial charge in [-0.3, -0.25) is 0 Å². The van der Waals surface area contributed by atoms with E-state index in [4.69, 9.17) is 0 Å². The van der Waals surface area contributed by atoms with Crippen LogP contribution >= 0.6 is 0 Å². The standard InChI is InChI=1S/C16H22O/c1-16(2,3)15-8-7-13-6-4-5-12(11-17)9-14(13)10-15/h7-8,10-12H,4-6,9H2,1-3H3/t12-/m0/s1. The number of rotatable bonds is 1. The topological polar surface area (TPSA) is 17.1 Å². The Morgan fingerprint density at radius 3 is 2.65 bits per heavy atom. The fourth-order valence-electron chi connectivity index (χ4n) is 2.58. The van der Waals surface area contributed by atoms with Gasteiger partial charge >= 0.3 is 0 Å². The van der Waals surface area contributed by atoms with Crippen molar-refractivity contribution in [2.24, 2.45) is 5.92 Å². The van der Waals surface area contributed by atoms with Gasteiger partial charge in [0.05, 0.1) is 0 Å². The van der Waals surface area contributed by atoms with Gasteiger partial charge in [-0.2, -0.15) is 0 Å². The molecule has 92 valence electrons. The molecule has 0 aromatic heterocycles. The number of carbonyl (C=O) groups is 1. The first-order valence-electron chi connectivity index (χ1n) is 6.58. The van der Waals surface area contributed by atoms with Gasteiger partial charge in [-0.15, -0.1) is 0 Å². The minimum absolute atomic E-state index is 0.192. The molecule has 1 aliphatic carbocycles. The Kier molecular flexibility index (Phi) is 3.37. The lowest BCUT2D eigenvalue weighted by atomic mass is 9.84. The second-order valence-electron chi connectivity index (χ2n) is 6.23. The molecular weight excluding hydrogens is 208 g/mol. The molecule has 1 heteroatoms. The number of benzene rings is 1. The van der Waals surface area contributed by atoms with Gasteiger partial charge < -0.3 is 4.79 Å². The van der Waals surface area contributed by atoms with Gasteiger partial charge in [0.1, 0.15) is 6.29 Å². The SMILES string of the molecule is CC(C)(C)c1ccc2c(c1)C[C@@H](C=O)CCC2. The van der Waals surface area contributed by atoms with E-state index in [-0.39, 0.29) is 11.3 Å². The fraction of sp³-hybridized carbons (Fsp3) is 0.562. The van der Waals surface area contributed by atoms with Crippen molar-refractivity contribution in [3.05, 3.63) is 34.9 Å². The van der Waals surface area contributed by atoms with Crippen LogP contribution in [-0.4, -0.2) is 6.29 Å². The van der Waals surface area contributed by atoms with Crippen LogP contribution in [0.5, 0.6) is 0 Å².